The SMILES string of the molecule is CC1=NC(C)(c2cccc(-c3ccc(C4(O)C5CCC4CNC5)cc3)n2)C=C1. The Morgan fingerprint density at radius 3 is 2.39 bits per heavy atom. The van der Waals surface area contributed by atoms with Gasteiger partial charge in [-0.15, -0.1) is 0 Å². The van der Waals surface area contributed by atoms with Crippen LogP contribution >= 0.6 is 0 Å². The summed E-state index contributed by atoms with van der Waals surface area (Å²) in [5.41, 5.74) is 3.98. The van der Waals surface area contributed by atoms with Gasteiger partial charge in [-0.1, -0.05) is 30.3 Å². The number of nitrogens with zero attached hydrogens (tertiary/aromatic N) is 2. The van der Waals surface area contributed by atoms with Crippen LogP contribution < -0.4 is 5.32 Å². The first kappa shape index (κ1) is 17.8. The Balaban J connectivity index is 1.46. The smallest absolute Gasteiger partial charge is 0.118 e. The quantitative estimate of drug-likeness (QED) is 0.860. The summed E-state index contributed by atoms with van der Waals surface area (Å²) in [6, 6.07) is 14.5. The topological polar surface area (TPSA) is 57.5 Å². The van der Waals surface area contributed by atoms with E-state index in [2.05, 4.69) is 54.7 Å². The van der Waals surface area contributed by atoms with Crippen LogP contribution in [-0.4, -0.2) is 28.9 Å². The van der Waals surface area contributed by atoms with Crippen LogP contribution in [0, 0.1) is 11.8 Å². The van der Waals surface area contributed by atoms with E-state index in [1.165, 1.54) is 0 Å². The van der Waals surface area contributed by atoms with E-state index in [0.717, 1.165) is 54.2 Å². The molecule has 1 aromatic carbocycles. The predicted octanol–water partition coefficient (Wildman–Crippen LogP) is 3.81. The molecule has 1 saturated carbocycles. The van der Waals surface area contributed by atoms with E-state index in [1.807, 2.05) is 19.1 Å². The number of fused-ring (bicyclic) bond motifs is 2. The van der Waals surface area contributed by atoms with Gasteiger partial charge in [-0.25, -0.2) is 4.98 Å². The minimum absolute atomic E-state index is 0.314. The van der Waals surface area contributed by atoms with Crippen molar-refractivity contribution < 1.29 is 5.11 Å². The van der Waals surface area contributed by atoms with Gasteiger partial charge in [0.1, 0.15) is 5.54 Å². The van der Waals surface area contributed by atoms with Crippen molar-refractivity contribution in [2.45, 2.75) is 37.8 Å². The van der Waals surface area contributed by atoms with Crippen LogP contribution in [0.25, 0.3) is 11.3 Å². The zero-order valence-electron chi connectivity index (χ0n) is 16.5. The lowest BCUT2D eigenvalue weighted by molar-refractivity contribution is -0.0576. The average Bonchev–Trinajstić information content (AvgIpc) is 3.10. The molecule has 144 valence electrons. The maximum Gasteiger partial charge on any atom is 0.118 e. The summed E-state index contributed by atoms with van der Waals surface area (Å²) in [6.07, 6.45) is 6.37. The maximum absolute atomic E-state index is 11.5. The Bertz CT molecular complexity index is 946. The number of aliphatic hydroxyl groups is 1. The molecule has 1 aromatic heterocycles. The lowest BCUT2D eigenvalue weighted by Crippen LogP contribution is -2.49. The summed E-state index contributed by atoms with van der Waals surface area (Å²) in [4.78, 5) is 9.64. The number of hydrogen-bond acceptors (Lipinski definition) is 4. The van der Waals surface area contributed by atoms with Crippen molar-refractivity contribution in [2.75, 3.05) is 13.1 Å². The second-order valence-electron chi connectivity index (χ2n) is 8.67. The monoisotopic (exact) mass is 373 g/mol. The summed E-state index contributed by atoms with van der Waals surface area (Å²) in [5, 5.41) is 14.9. The summed E-state index contributed by atoms with van der Waals surface area (Å²) < 4.78 is 0. The van der Waals surface area contributed by atoms with Gasteiger partial charge in [0, 0.05) is 36.2 Å². The van der Waals surface area contributed by atoms with Gasteiger partial charge in [0.05, 0.1) is 17.0 Å². The van der Waals surface area contributed by atoms with Gasteiger partial charge in [0.2, 0.25) is 0 Å². The molecule has 0 radical (unpaired) electrons. The van der Waals surface area contributed by atoms with Gasteiger partial charge in [-0.2, -0.15) is 0 Å². The highest BCUT2D eigenvalue weighted by atomic mass is 16.3. The number of benzene rings is 1. The number of hydrogen-bond donors (Lipinski definition) is 2. The Kier molecular flexibility index (Phi) is 4.04. The highest BCUT2D eigenvalue weighted by Gasteiger charge is 2.51. The zero-order chi connectivity index (χ0) is 19.4. The van der Waals surface area contributed by atoms with Crippen LogP contribution in [0.3, 0.4) is 0 Å². The van der Waals surface area contributed by atoms with Crippen LogP contribution in [0.15, 0.2) is 59.6 Å². The largest absolute Gasteiger partial charge is 0.384 e. The molecule has 5 rings (SSSR count). The molecule has 2 aliphatic heterocycles. The van der Waals surface area contributed by atoms with Crippen molar-refractivity contribution in [3.05, 3.63) is 65.9 Å². The van der Waals surface area contributed by atoms with E-state index in [4.69, 9.17) is 9.98 Å². The van der Waals surface area contributed by atoms with E-state index in [-0.39, 0.29) is 5.54 Å². The van der Waals surface area contributed by atoms with Gasteiger partial charge < -0.3 is 10.4 Å². The third-order valence-corrected chi connectivity index (χ3v) is 6.86. The fourth-order valence-electron chi connectivity index (χ4n) is 5.25. The second-order valence-corrected chi connectivity index (χ2v) is 8.67. The van der Waals surface area contributed by atoms with E-state index in [0.29, 0.717) is 11.8 Å². The van der Waals surface area contributed by atoms with Crippen LogP contribution in [0.1, 0.15) is 37.9 Å². The first-order chi connectivity index (χ1) is 13.5. The highest BCUT2D eigenvalue weighted by molar-refractivity contribution is 5.95. The number of nitrogens with one attached hydrogen (secondary N) is 1. The molecule has 1 saturated heterocycles. The Labute approximate surface area is 166 Å². The van der Waals surface area contributed by atoms with Crippen LogP contribution in [0.5, 0.6) is 0 Å². The number of piperidine rings is 1. The normalized spacial score (nSPS) is 33.9. The summed E-state index contributed by atoms with van der Waals surface area (Å²) in [6.45, 7) is 5.93. The molecule has 4 heteroatoms. The Morgan fingerprint density at radius 2 is 1.75 bits per heavy atom. The van der Waals surface area contributed by atoms with E-state index < -0.39 is 5.60 Å². The molecule has 0 spiro atoms. The molecule has 2 aromatic rings. The highest BCUT2D eigenvalue weighted by Crippen LogP contribution is 2.49. The second kappa shape index (κ2) is 6.36. The Morgan fingerprint density at radius 1 is 1.04 bits per heavy atom. The van der Waals surface area contributed by atoms with Crippen LogP contribution in [-0.2, 0) is 11.1 Å². The van der Waals surface area contributed by atoms with E-state index in [9.17, 15) is 5.11 Å². The number of rotatable bonds is 3. The predicted molar refractivity (Wildman–Crippen MR) is 112 cm³/mol. The van der Waals surface area contributed by atoms with Gasteiger partial charge in [0.25, 0.3) is 0 Å². The number of pyridine rings is 1. The molecular weight excluding hydrogens is 346 g/mol. The minimum atomic E-state index is -0.687. The lowest BCUT2D eigenvalue weighted by atomic mass is 9.76. The third-order valence-electron chi connectivity index (χ3n) is 6.86. The molecular formula is C24H27N3O. The van der Waals surface area contributed by atoms with Gasteiger partial charge in [-0.3, -0.25) is 4.99 Å². The third kappa shape index (κ3) is 2.66. The standard InChI is InChI=1S/C24H27N3O/c1-16-12-13-23(2,27-16)22-5-3-4-21(26-22)17-6-8-18(9-7-17)24(28)19-10-11-20(24)15-25-14-19/h3-9,12-13,19-20,25,28H,10-11,14-15H2,1-2H3. The van der Waals surface area contributed by atoms with Crippen molar-refractivity contribution >= 4 is 5.71 Å². The average molecular weight is 374 g/mol. The molecule has 3 atom stereocenters. The summed E-state index contributed by atoms with van der Waals surface area (Å²) in [7, 11) is 0. The molecule has 2 N–H and O–H groups in total. The summed E-state index contributed by atoms with van der Waals surface area (Å²) in [5.74, 6) is 0.627. The molecule has 1 aliphatic carbocycles. The molecule has 3 heterocycles. The maximum atomic E-state index is 11.5. The zero-order valence-corrected chi connectivity index (χ0v) is 16.5. The van der Waals surface area contributed by atoms with Crippen molar-refractivity contribution in [1.29, 1.82) is 0 Å². The van der Waals surface area contributed by atoms with Crippen LogP contribution in [0.4, 0.5) is 0 Å². The van der Waals surface area contributed by atoms with Crippen molar-refractivity contribution in [3.8, 4) is 11.3 Å². The minimum Gasteiger partial charge on any atom is -0.384 e. The molecule has 3 aliphatic rings. The molecule has 3 unspecified atom stereocenters. The van der Waals surface area contributed by atoms with E-state index in [1.54, 1.807) is 0 Å². The Hall–Kier alpha value is -2.30. The molecule has 0 amide bonds. The van der Waals surface area contributed by atoms with Gasteiger partial charge in [0.15, 0.2) is 0 Å². The molecule has 2 fully saturated rings. The summed E-state index contributed by atoms with van der Waals surface area (Å²) >= 11 is 0. The van der Waals surface area contributed by atoms with Gasteiger partial charge in [-0.05, 0) is 56.5 Å². The van der Waals surface area contributed by atoms with Gasteiger partial charge >= 0.3 is 0 Å². The molecule has 4 nitrogen and oxygen atoms in total. The number of aliphatic imine (C=N–C) groups is 1. The first-order valence-electron chi connectivity index (χ1n) is 10.3. The lowest BCUT2D eigenvalue weighted by Gasteiger charge is -2.40. The van der Waals surface area contributed by atoms with Crippen LogP contribution in [0.2, 0.25) is 0 Å². The molecule has 28 heavy (non-hydrogen) atoms. The fourth-order valence-corrected chi connectivity index (χ4v) is 5.25. The van der Waals surface area contributed by atoms with Crippen molar-refractivity contribution in [1.82, 2.24) is 10.3 Å². The molecule has 2 bridgehead atoms. The van der Waals surface area contributed by atoms with Crippen molar-refractivity contribution in [3.63, 3.8) is 0 Å². The van der Waals surface area contributed by atoms with E-state index >= 15 is 0 Å². The van der Waals surface area contributed by atoms with Crippen molar-refractivity contribution in [2.24, 2.45) is 16.8 Å². The first-order valence-corrected chi connectivity index (χ1v) is 10.3. The fraction of sp³-hybridized carbons (Fsp3) is 0.417. The number of allylic oxidation sites excluding steroid dienone is 1. The number of aromatic nitrogens is 1.